The second kappa shape index (κ2) is 11.3. The van der Waals surface area contributed by atoms with E-state index in [1.807, 2.05) is 54.6 Å². The molecular weight excluding hydrogens is 398 g/mol. The van der Waals surface area contributed by atoms with Crippen LogP contribution in [0.5, 0.6) is 17.2 Å². The summed E-state index contributed by atoms with van der Waals surface area (Å²) >= 11 is 0. The summed E-state index contributed by atoms with van der Waals surface area (Å²) in [7, 11) is 1.51. The van der Waals surface area contributed by atoms with Gasteiger partial charge in [-0.05, 0) is 42.0 Å². The fourth-order valence-corrected chi connectivity index (χ4v) is 2.68. The molecular formula is C24H23NO6. The minimum atomic E-state index is -1.02. The first-order valence-electron chi connectivity index (χ1n) is 9.58. The van der Waals surface area contributed by atoms with Gasteiger partial charge < -0.3 is 24.2 Å². The Hall–Kier alpha value is -4.00. The van der Waals surface area contributed by atoms with Crippen LogP contribution in [0, 0.1) is 0 Å². The molecule has 3 rings (SSSR count). The normalized spacial score (nSPS) is 10.9. The molecule has 0 aliphatic heterocycles. The maximum atomic E-state index is 10.5. The van der Waals surface area contributed by atoms with Crippen molar-refractivity contribution in [3.63, 3.8) is 0 Å². The highest BCUT2D eigenvalue weighted by Gasteiger charge is 2.06. The lowest BCUT2D eigenvalue weighted by atomic mass is 10.1. The zero-order valence-electron chi connectivity index (χ0n) is 17.1. The summed E-state index contributed by atoms with van der Waals surface area (Å²) in [4.78, 5) is 15.5. The summed E-state index contributed by atoms with van der Waals surface area (Å²) < 4.78 is 16.7. The molecule has 0 amide bonds. The molecule has 0 bridgehead atoms. The first-order valence-corrected chi connectivity index (χ1v) is 9.58. The number of hydrogen-bond acceptors (Lipinski definition) is 6. The Bertz CT molecular complexity index is 985. The van der Waals surface area contributed by atoms with Crippen LogP contribution in [-0.2, 0) is 16.2 Å². The quantitative estimate of drug-likeness (QED) is 0.370. The average molecular weight is 421 g/mol. The van der Waals surface area contributed by atoms with E-state index in [0.717, 1.165) is 11.1 Å². The van der Waals surface area contributed by atoms with Gasteiger partial charge in [-0.1, -0.05) is 47.6 Å². The van der Waals surface area contributed by atoms with E-state index in [-0.39, 0.29) is 13.2 Å². The number of aliphatic carboxylic acids is 1. The molecule has 7 heteroatoms. The zero-order chi connectivity index (χ0) is 21.9. The van der Waals surface area contributed by atoms with Gasteiger partial charge in [-0.25, -0.2) is 4.79 Å². The molecule has 0 radical (unpaired) electrons. The Kier molecular flexibility index (Phi) is 7.88. The summed E-state index contributed by atoms with van der Waals surface area (Å²) in [6.07, 6.45) is 0. The second-order valence-electron chi connectivity index (χ2n) is 6.46. The highest BCUT2D eigenvalue weighted by molar-refractivity contribution is 6.01. The SMILES string of the molecule is CO/N=C(\COc1ccc(COc2ccc(OCC(=O)O)cc2)cc1)c1ccccc1. The van der Waals surface area contributed by atoms with E-state index in [4.69, 9.17) is 24.2 Å². The van der Waals surface area contributed by atoms with Gasteiger partial charge in [0.25, 0.3) is 0 Å². The smallest absolute Gasteiger partial charge is 0.341 e. The molecule has 0 heterocycles. The molecule has 1 N–H and O–H groups in total. The Morgan fingerprint density at radius 3 is 1.90 bits per heavy atom. The summed E-state index contributed by atoms with van der Waals surface area (Å²) in [5.41, 5.74) is 2.62. The molecule has 3 aromatic rings. The standard InChI is InChI=1S/C24H23NO6/c1-28-25-23(19-5-3-2-4-6-19)16-30-20-9-7-18(8-10-20)15-29-21-11-13-22(14-12-21)31-17-24(26)27/h2-14H,15-17H2,1H3,(H,26,27)/b25-23+. The minimum absolute atomic E-state index is 0.282. The van der Waals surface area contributed by atoms with Crippen LogP contribution in [0.2, 0.25) is 0 Å². The Balaban J connectivity index is 1.50. The highest BCUT2D eigenvalue weighted by atomic mass is 16.6. The van der Waals surface area contributed by atoms with Gasteiger partial charge in [-0.2, -0.15) is 0 Å². The van der Waals surface area contributed by atoms with Crippen molar-refractivity contribution in [1.82, 2.24) is 0 Å². The summed E-state index contributed by atoms with van der Waals surface area (Å²) in [6, 6.07) is 24.1. The van der Waals surface area contributed by atoms with Crippen molar-refractivity contribution in [2.24, 2.45) is 5.16 Å². The number of oxime groups is 1. The predicted molar refractivity (Wildman–Crippen MR) is 116 cm³/mol. The number of carbonyl (C=O) groups is 1. The molecule has 0 atom stereocenters. The third-order valence-corrected chi connectivity index (χ3v) is 4.20. The van der Waals surface area contributed by atoms with E-state index in [1.54, 1.807) is 24.3 Å². The van der Waals surface area contributed by atoms with Crippen LogP contribution >= 0.6 is 0 Å². The van der Waals surface area contributed by atoms with E-state index in [9.17, 15) is 4.79 Å². The van der Waals surface area contributed by atoms with E-state index < -0.39 is 5.97 Å². The number of hydrogen-bond donors (Lipinski definition) is 1. The monoisotopic (exact) mass is 421 g/mol. The lowest BCUT2D eigenvalue weighted by Crippen LogP contribution is -2.13. The summed E-state index contributed by atoms with van der Waals surface area (Å²) in [6.45, 7) is 0.290. The van der Waals surface area contributed by atoms with Gasteiger partial charge in [0, 0.05) is 5.56 Å². The molecule has 160 valence electrons. The van der Waals surface area contributed by atoms with Crippen LogP contribution in [-0.4, -0.2) is 37.1 Å². The maximum Gasteiger partial charge on any atom is 0.341 e. The van der Waals surface area contributed by atoms with Crippen LogP contribution in [0.3, 0.4) is 0 Å². The number of carboxylic acids is 1. The maximum absolute atomic E-state index is 10.5. The average Bonchev–Trinajstić information content (AvgIpc) is 2.81. The number of nitrogens with zero attached hydrogens (tertiary/aromatic N) is 1. The highest BCUT2D eigenvalue weighted by Crippen LogP contribution is 2.20. The van der Waals surface area contributed by atoms with E-state index in [1.165, 1.54) is 7.11 Å². The third-order valence-electron chi connectivity index (χ3n) is 4.20. The lowest BCUT2D eigenvalue weighted by Gasteiger charge is -2.10. The molecule has 0 fully saturated rings. The molecule has 0 unspecified atom stereocenters. The van der Waals surface area contributed by atoms with Crippen molar-refractivity contribution in [1.29, 1.82) is 0 Å². The van der Waals surface area contributed by atoms with Gasteiger partial charge in [0.2, 0.25) is 0 Å². The molecule has 0 saturated carbocycles. The van der Waals surface area contributed by atoms with Gasteiger partial charge in [-0.3, -0.25) is 0 Å². The first kappa shape index (κ1) is 21.7. The lowest BCUT2D eigenvalue weighted by molar-refractivity contribution is -0.139. The number of ether oxygens (including phenoxy) is 3. The molecule has 0 aliphatic rings. The fraction of sp³-hybridized carbons (Fsp3) is 0.167. The van der Waals surface area contributed by atoms with Crippen LogP contribution in [0.1, 0.15) is 11.1 Å². The van der Waals surface area contributed by atoms with Crippen molar-refractivity contribution < 1.29 is 28.9 Å². The number of rotatable bonds is 11. The summed E-state index contributed by atoms with van der Waals surface area (Å²) in [5, 5.41) is 12.7. The van der Waals surface area contributed by atoms with Crippen molar-refractivity contribution >= 4 is 11.7 Å². The van der Waals surface area contributed by atoms with E-state index in [2.05, 4.69) is 5.16 Å². The molecule has 0 aromatic heterocycles. The third kappa shape index (κ3) is 7.08. The van der Waals surface area contributed by atoms with Crippen LogP contribution < -0.4 is 14.2 Å². The van der Waals surface area contributed by atoms with Gasteiger partial charge in [0.05, 0.1) is 0 Å². The predicted octanol–water partition coefficient (Wildman–Crippen LogP) is 4.16. The van der Waals surface area contributed by atoms with Gasteiger partial charge >= 0.3 is 5.97 Å². The first-order chi connectivity index (χ1) is 15.1. The van der Waals surface area contributed by atoms with Crippen molar-refractivity contribution in [3.05, 3.63) is 90.0 Å². The van der Waals surface area contributed by atoms with Crippen LogP contribution in [0.15, 0.2) is 84.0 Å². The molecule has 31 heavy (non-hydrogen) atoms. The van der Waals surface area contributed by atoms with Crippen LogP contribution in [0.25, 0.3) is 0 Å². The Morgan fingerprint density at radius 1 is 0.774 bits per heavy atom. The van der Waals surface area contributed by atoms with E-state index in [0.29, 0.717) is 29.6 Å². The topological polar surface area (TPSA) is 86.6 Å². The Morgan fingerprint density at radius 2 is 1.32 bits per heavy atom. The molecule has 0 spiro atoms. The van der Waals surface area contributed by atoms with Crippen molar-refractivity contribution in [3.8, 4) is 17.2 Å². The zero-order valence-corrected chi connectivity index (χ0v) is 17.1. The molecule has 7 nitrogen and oxygen atoms in total. The summed E-state index contributed by atoms with van der Waals surface area (Å²) in [5.74, 6) is 0.827. The number of benzene rings is 3. The minimum Gasteiger partial charge on any atom is -0.489 e. The van der Waals surface area contributed by atoms with Gasteiger partial charge in [0.15, 0.2) is 6.61 Å². The molecule has 0 saturated heterocycles. The fourth-order valence-electron chi connectivity index (χ4n) is 2.68. The van der Waals surface area contributed by atoms with E-state index >= 15 is 0 Å². The van der Waals surface area contributed by atoms with Crippen molar-refractivity contribution in [2.75, 3.05) is 20.3 Å². The van der Waals surface area contributed by atoms with Gasteiger partial charge in [0.1, 0.15) is 43.3 Å². The Labute approximate surface area is 180 Å². The number of carboxylic acid groups (broad SMARTS) is 1. The molecule has 3 aromatic carbocycles. The largest absolute Gasteiger partial charge is 0.489 e. The van der Waals surface area contributed by atoms with Crippen LogP contribution in [0.4, 0.5) is 0 Å². The van der Waals surface area contributed by atoms with Gasteiger partial charge in [-0.15, -0.1) is 0 Å². The molecule has 0 aliphatic carbocycles. The van der Waals surface area contributed by atoms with Crippen molar-refractivity contribution in [2.45, 2.75) is 6.61 Å². The second-order valence-corrected chi connectivity index (χ2v) is 6.46.